The summed E-state index contributed by atoms with van der Waals surface area (Å²) in [5, 5.41) is 17.4. The first-order valence-electron chi connectivity index (χ1n) is 4.76. The van der Waals surface area contributed by atoms with Crippen LogP contribution in [-0.2, 0) is 0 Å². The number of carboxylic acid groups (broad SMARTS) is 1. The number of carbonyl (C=O) groups is 1. The number of halogens is 3. The van der Waals surface area contributed by atoms with E-state index in [4.69, 9.17) is 10.4 Å². The second-order valence-corrected chi connectivity index (χ2v) is 3.43. The molecule has 18 heavy (non-hydrogen) atoms. The second-order valence-electron chi connectivity index (χ2n) is 3.43. The monoisotopic (exact) mass is 259 g/mol. The molecule has 0 aliphatic heterocycles. The minimum Gasteiger partial charge on any atom is -0.480 e. The maximum atomic E-state index is 12.3. The number of ether oxygens (including phenoxy) is 1. The molecule has 7 heteroatoms. The van der Waals surface area contributed by atoms with Crippen LogP contribution in [0, 0.1) is 11.3 Å². The van der Waals surface area contributed by atoms with E-state index in [-0.39, 0.29) is 16.9 Å². The maximum Gasteiger partial charge on any atom is 0.425 e. The molecular weight excluding hydrogens is 251 g/mol. The SMILES string of the molecule is CC(Oc1ccc(C(=O)O)cc1C#N)C(F)(F)F. The van der Waals surface area contributed by atoms with Crippen molar-refractivity contribution in [1.29, 1.82) is 5.26 Å². The van der Waals surface area contributed by atoms with Crippen LogP contribution in [0.15, 0.2) is 18.2 Å². The van der Waals surface area contributed by atoms with Crippen LogP contribution in [0.1, 0.15) is 22.8 Å². The highest BCUT2D eigenvalue weighted by Gasteiger charge is 2.38. The average Bonchev–Trinajstić information content (AvgIpc) is 2.27. The van der Waals surface area contributed by atoms with Gasteiger partial charge in [0.05, 0.1) is 11.1 Å². The highest BCUT2D eigenvalue weighted by Crippen LogP contribution is 2.27. The quantitative estimate of drug-likeness (QED) is 0.905. The first-order chi connectivity index (χ1) is 8.25. The van der Waals surface area contributed by atoms with E-state index in [1.165, 1.54) is 0 Å². The molecule has 0 amide bonds. The van der Waals surface area contributed by atoms with Crippen molar-refractivity contribution in [2.24, 2.45) is 0 Å². The number of alkyl halides is 3. The Morgan fingerprint density at radius 1 is 1.50 bits per heavy atom. The summed E-state index contributed by atoms with van der Waals surface area (Å²) >= 11 is 0. The van der Waals surface area contributed by atoms with Gasteiger partial charge in [-0.25, -0.2) is 4.79 Å². The molecule has 1 atom stereocenters. The molecule has 4 nitrogen and oxygen atoms in total. The van der Waals surface area contributed by atoms with Gasteiger partial charge in [-0.3, -0.25) is 0 Å². The number of nitriles is 1. The Morgan fingerprint density at radius 2 is 2.11 bits per heavy atom. The van der Waals surface area contributed by atoms with E-state index >= 15 is 0 Å². The largest absolute Gasteiger partial charge is 0.480 e. The van der Waals surface area contributed by atoms with Crippen LogP contribution < -0.4 is 4.74 Å². The van der Waals surface area contributed by atoms with Crippen molar-refractivity contribution in [3.05, 3.63) is 29.3 Å². The molecule has 96 valence electrons. The van der Waals surface area contributed by atoms with E-state index in [1.807, 2.05) is 0 Å². The van der Waals surface area contributed by atoms with Crippen molar-refractivity contribution in [3.63, 3.8) is 0 Å². The summed E-state index contributed by atoms with van der Waals surface area (Å²) in [4.78, 5) is 10.6. The number of aromatic carboxylic acids is 1. The Bertz CT molecular complexity index is 505. The lowest BCUT2D eigenvalue weighted by molar-refractivity contribution is -0.189. The van der Waals surface area contributed by atoms with Gasteiger partial charge in [-0.05, 0) is 25.1 Å². The van der Waals surface area contributed by atoms with Gasteiger partial charge in [-0.15, -0.1) is 0 Å². The van der Waals surface area contributed by atoms with Crippen molar-refractivity contribution >= 4 is 5.97 Å². The molecule has 0 spiro atoms. The fraction of sp³-hybridized carbons (Fsp3) is 0.273. The van der Waals surface area contributed by atoms with E-state index in [0.717, 1.165) is 25.1 Å². The van der Waals surface area contributed by atoms with Gasteiger partial charge in [0.2, 0.25) is 0 Å². The summed E-state index contributed by atoms with van der Waals surface area (Å²) in [6.45, 7) is 0.798. The van der Waals surface area contributed by atoms with Crippen LogP contribution in [0.25, 0.3) is 0 Å². The van der Waals surface area contributed by atoms with Gasteiger partial charge >= 0.3 is 12.1 Å². The fourth-order valence-electron chi connectivity index (χ4n) is 1.11. The van der Waals surface area contributed by atoms with Crippen LogP contribution >= 0.6 is 0 Å². The van der Waals surface area contributed by atoms with Crippen molar-refractivity contribution < 1.29 is 27.8 Å². The highest BCUT2D eigenvalue weighted by molar-refractivity contribution is 5.88. The van der Waals surface area contributed by atoms with E-state index in [1.54, 1.807) is 6.07 Å². The summed E-state index contributed by atoms with van der Waals surface area (Å²) < 4.78 is 41.4. The van der Waals surface area contributed by atoms with Crippen LogP contribution in [0.4, 0.5) is 13.2 Å². The molecule has 0 aromatic heterocycles. The third kappa shape index (κ3) is 3.13. The van der Waals surface area contributed by atoms with Gasteiger partial charge in [0.15, 0.2) is 6.10 Å². The third-order valence-corrected chi connectivity index (χ3v) is 2.11. The summed E-state index contributed by atoms with van der Waals surface area (Å²) in [7, 11) is 0. The molecular formula is C11H8F3NO3. The minimum atomic E-state index is -4.56. The molecule has 1 N–H and O–H groups in total. The Balaban J connectivity index is 3.05. The third-order valence-electron chi connectivity index (χ3n) is 2.11. The van der Waals surface area contributed by atoms with Gasteiger partial charge in [0, 0.05) is 0 Å². The summed E-state index contributed by atoms with van der Waals surface area (Å²) in [5.74, 6) is -1.57. The van der Waals surface area contributed by atoms with E-state index < -0.39 is 18.2 Å². The molecule has 0 fully saturated rings. The molecule has 0 radical (unpaired) electrons. The Morgan fingerprint density at radius 3 is 2.56 bits per heavy atom. The van der Waals surface area contributed by atoms with Gasteiger partial charge in [0.25, 0.3) is 0 Å². The second kappa shape index (κ2) is 4.96. The zero-order chi connectivity index (χ0) is 13.9. The zero-order valence-corrected chi connectivity index (χ0v) is 9.15. The van der Waals surface area contributed by atoms with Crippen LogP contribution in [0.3, 0.4) is 0 Å². The molecule has 0 saturated heterocycles. The number of hydrogen-bond donors (Lipinski definition) is 1. The smallest absolute Gasteiger partial charge is 0.425 e. The average molecular weight is 259 g/mol. The first-order valence-corrected chi connectivity index (χ1v) is 4.76. The normalized spacial score (nSPS) is 12.6. The summed E-state index contributed by atoms with van der Waals surface area (Å²) in [6, 6.07) is 4.65. The van der Waals surface area contributed by atoms with Crippen LogP contribution in [0.2, 0.25) is 0 Å². The number of nitrogens with zero attached hydrogens (tertiary/aromatic N) is 1. The van der Waals surface area contributed by atoms with Gasteiger partial charge in [0.1, 0.15) is 11.8 Å². The maximum absolute atomic E-state index is 12.3. The highest BCUT2D eigenvalue weighted by atomic mass is 19.4. The van der Waals surface area contributed by atoms with Gasteiger partial charge in [-0.1, -0.05) is 0 Å². The lowest BCUT2D eigenvalue weighted by Gasteiger charge is -2.18. The van der Waals surface area contributed by atoms with E-state index in [2.05, 4.69) is 4.74 Å². The zero-order valence-electron chi connectivity index (χ0n) is 9.15. The minimum absolute atomic E-state index is 0.196. The molecule has 1 unspecified atom stereocenters. The van der Waals surface area contributed by atoms with Crippen molar-refractivity contribution in [2.75, 3.05) is 0 Å². The van der Waals surface area contributed by atoms with E-state index in [9.17, 15) is 18.0 Å². The molecule has 0 bridgehead atoms. The number of carboxylic acids is 1. The predicted molar refractivity (Wildman–Crippen MR) is 54.3 cm³/mol. The number of hydrogen-bond acceptors (Lipinski definition) is 3. The molecule has 0 saturated carbocycles. The van der Waals surface area contributed by atoms with Crippen LogP contribution in [0.5, 0.6) is 5.75 Å². The predicted octanol–water partition coefficient (Wildman–Crippen LogP) is 2.59. The number of benzene rings is 1. The topological polar surface area (TPSA) is 70.3 Å². The molecule has 1 aromatic carbocycles. The van der Waals surface area contributed by atoms with E-state index in [0.29, 0.717) is 0 Å². The lowest BCUT2D eigenvalue weighted by Crippen LogP contribution is -2.31. The van der Waals surface area contributed by atoms with Crippen molar-refractivity contribution in [2.45, 2.75) is 19.2 Å². The van der Waals surface area contributed by atoms with Gasteiger partial charge in [-0.2, -0.15) is 18.4 Å². The molecule has 1 aromatic rings. The summed E-state index contributed by atoms with van der Waals surface area (Å²) in [5.41, 5.74) is -0.454. The molecule has 0 aliphatic carbocycles. The van der Waals surface area contributed by atoms with Crippen molar-refractivity contribution in [3.8, 4) is 11.8 Å². The number of rotatable bonds is 3. The van der Waals surface area contributed by atoms with Gasteiger partial charge < -0.3 is 9.84 Å². The fourth-order valence-corrected chi connectivity index (χ4v) is 1.11. The lowest BCUT2D eigenvalue weighted by atomic mass is 10.1. The molecule has 0 heterocycles. The molecule has 1 rings (SSSR count). The Hall–Kier alpha value is -2.23. The first kappa shape index (κ1) is 13.8. The molecule has 0 aliphatic rings. The Kier molecular flexibility index (Phi) is 3.81. The standard InChI is InChI=1S/C11H8F3NO3/c1-6(11(12,13)14)18-9-3-2-7(10(16)17)4-8(9)5-15/h2-4,6H,1H3,(H,16,17). The van der Waals surface area contributed by atoms with Crippen molar-refractivity contribution in [1.82, 2.24) is 0 Å². The summed E-state index contributed by atoms with van der Waals surface area (Å²) in [6.07, 6.45) is -6.64. The van der Waals surface area contributed by atoms with Crippen LogP contribution in [-0.4, -0.2) is 23.4 Å². The Labute approximate surface area is 100 Å².